The first-order valence-corrected chi connectivity index (χ1v) is 5.54. The Hall–Kier alpha value is -0.560. The molecule has 2 aromatic rings. The van der Waals surface area contributed by atoms with Gasteiger partial charge in [0, 0.05) is 28.3 Å². The van der Waals surface area contributed by atoms with Crippen molar-refractivity contribution in [2.45, 2.75) is 6.92 Å². The molecule has 13 heavy (non-hydrogen) atoms. The summed E-state index contributed by atoms with van der Waals surface area (Å²) in [6.45, 7) is 1.97. The Bertz CT molecular complexity index is 427. The summed E-state index contributed by atoms with van der Waals surface area (Å²) in [5, 5.41) is 0.883. The summed E-state index contributed by atoms with van der Waals surface area (Å²) in [6.07, 6.45) is 0. The Morgan fingerprint density at radius 1 is 1.31 bits per heavy atom. The lowest BCUT2D eigenvalue weighted by Crippen LogP contribution is -1.85. The van der Waals surface area contributed by atoms with E-state index in [0.717, 1.165) is 20.2 Å². The van der Waals surface area contributed by atoms with Gasteiger partial charge in [-0.2, -0.15) is 4.37 Å². The summed E-state index contributed by atoms with van der Waals surface area (Å²) in [5.74, 6) is 0. The van der Waals surface area contributed by atoms with Crippen LogP contribution in [0.5, 0.6) is 0 Å². The molecule has 0 aliphatic heterocycles. The zero-order valence-electron chi connectivity index (χ0n) is 6.86. The predicted molar refractivity (Wildman–Crippen MR) is 60.6 cm³/mol. The first-order valence-electron chi connectivity index (χ1n) is 3.69. The molecule has 0 atom stereocenters. The van der Waals surface area contributed by atoms with Crippen LogP contribution in [0, 0.1) is 10.8 Å². The first-order chi connectivity index (χ1) is 6.25. The van der Waals surface area contributed by atoms with Crippen molar-refractivity contribution in [3.05, 3.63) is 27.7 Å². The number of hydrogen-bond donors (Lipinski definition) is 0. The van der Waals surface area contributed by atoms with Crippen molar-refractivity contribution in [2.24, 2.45) is 0 Å². The fraction of sp³-hybridized carbons (Fsp3) is 0.125. The van der Waals surface area contributed by atoms with Gasteiger partial charge in [-0.3, -0.25) is 4.98 Å². The highest BCUT2D eigenvalue weighted by molar-refractivity contribution is 14.1. The normalized spacial score (nSPS) is 10.3. The van der Waals surface area contributed by atoms with Gasteiger partial charge in [-0.1, -0.05) is 6.07 Å². The molecule has 0 saturated heterocycles. The van der Waals surface area contributed by atoms with Gasteiger partial charge < -0.3 is 0 Å². The molecule has 66 valence electrons. The van der Waals surface area contributed by atoms with Gasteiger partial charge in [0.25, 0.3) is 0 Å². The molecule has 0 bridgehead atoms. The number of aromatic nitrogens is 3. The molecule has 0 aliphatic rings. The second kappa shape index (κ2) is 3.67. The predicted octanol–water partition coefficient (Wildman–Crippen LogP) is 2.51. The Labute approximate surface area is 93.6 Å². The van der Waals surface area contributed by atoms with E-state index >= 15 is 0 Å². The van der Waals surface area contributed by atoms with E-state index in [4.69, 9.17) is 0 Å². The summed E-state index contributed by atoms with van der Waals surface area (Å²) >= 11 is 3.48. The van der Waals surface area contributed by atoms with Crippen molar-refractivity contribution < 1.29 is 0 Å². The molecule has 2 heterocycles. The minimum atomic E-state index is 0.779. The van der Waals surface area contributed by atoms with E-state index in [1.807, 2.05) is 25.1 Å². The quantitative estimate of drug-likeness (QED) is 0.760. The van der Waals surface area contributed by atoms with E-state index in [1.165, 1.54) is 11.5 Å². The third-order valence-electron chi connectivity index (χ3n) is 1.51. The summed E-state index contributed by atoms with van der Waals surface area (Å²) < 4.78 is 4.88. The SMILES string of the molecule is Cc1cccc(-c2nc(I)ns2)n1. The highest BCUT2D eigenvalue weighted by Crippen LogP contribution is 2.19. The third kappa shape index (κ3) is 2.02. The minimum absolute atomic E-state index is 0.779. The maximum absolute atomic E-state index is 4.36. The van der Waals surface area contributed by atoms with Crippen LogP contribution in [0.4, 0.5) is 0 Å². The lowest BCUT2D eigenvalue weighted by Gasteiger charge is -1.94. The molecule has 5 heteroatoms. The molecule has 0 aliphatic carbocycles. The second-order valence-electron chi connectivity index (χ2n) is 2.53. The molecule has 0 N–H and O–H groups in total. The molecule has 3 nitrogen and oxygen atoms in total. The molecule has 0 fully saturated rings. The molecule has 0 saturated carbocycles. The van der Waals surface area contributed by atoms with Crippen molar-refractivity contribution in [1.29, 1.82) is 0 Å². The zero-order valence-corrected chi connectivity index (χ0v) is 9.83. The van der Waals surface area contributed by atoms with Crippen LogP contribution in [-0.2, 0) is 0 Å². The van der Waals surface area contributed by atoms with E-state index in [-0.39, 0.29) is 0 Å². The van der Waals surface area contributed by atoms with Gasteiger partial charge in [0.1, 0.15) is 5.69 Å². The molecule has 0 aromatic carbocycles. The highest BCUT2D eigenvalue weighted by atomic mass is 127. The molecule has 0 unspecified atom stereocenters. The van der Waals surface area contributed by atoms with Gasteiger partial charge in [-0.05, 0) is 30.6 Å². The van der Waals surface area contributed by atoms with E-state index in [2.05, 4.69) is 36.9 Å². The van der Waals surface area contributed by atoms with Crippen LogP contribution in [0.15, 0.2) is 18.2 Å². The Morgan fingerprint density at radius 3 is 2.77 bits per heavy atom. The van der Waals surface area contributed by atoms with Crippen LogP contribution in [0.3, 0.4) is 0 Å². The number of hydrogen-bond acceptors (Lipinski definition) is 4. The molecular weight excluding hydrogens is 297 g/mol. The minimum Gasteiger partial charge on any atom is -0.251 e. The van der Waals surface area contributed by atoms with Gasteiger partial charge >= 0.3 is 0 Å². The fourth-order valence-electron chi connectivity index (χ4n) is 0.972. The standard InChI is InChI=1S/C8H6IN3S/c1-5-3-2-4-6(10-5)7-11-8(9)12-13-7/h2-4H,1H3. The monoisotopic (exact) mass is 303 g/mol. The average molecular weight is 303 g/mol. The second-order valence-corrected chi connectivity index (χ2v) is 4.25. The molecule has 2 aromatic heterocycles. The Morgan fingerprint density at radius 2 is 2.15 bits per heavy atom. The summed E-state index contributed by atoms with van der Waals surface area (Å²) in [6, 6.07) is 5.89. The van der Waals surface area contributed by atoms with Crippen molar-refractivity contribution in [3.63, 3.8) is 0 Å². The van der Waals surface area contributed by atoms with Gasteiger partial charge in [0.2, 0.25) is 3.83 Å². The molecule has 0 spiro atoms. The number of nitrogens with zero attached hydrogens (tertiary/aromatic N) is 3. The van der Waals surface area contributed by atoms with E-state index in [9.17, 15) is 0 Å². The van der Waals surface area contributed by atoms with E-state index in [1.54, 1.807) is 0 Å². The van der Waals surface area contributed by atoms with Crippen LogP contribution >= 0.6 is 34.1 Å². The maximum atomic E-state index is 4.36. The Balaban J connectivity index is 2.46. The summed E-state index contributed by atoms with van der Waals surface area (Å²) in [7, 11) is 0. The molecule has 2 rings (SSSR count). The largest absolute Gasteiger partial charge is 0.251 e. The zero-order chi connectivity index (χ0) is 9.26. The average Bonchev–Trinajstić information content (AvgIpc) is 2.52. The third-order valence-corrected chi connectivity index (χ3v) is 3.06. The number of rotatable bonds is 1. The maximum Gasteiger partial charge on any atom is 0.203 e. The topological polar surface area (TPSA) is 38.7 Å². The summed E-state index contributed by atoms with van der Waals surface area (Å²) in [5.41, 5.74) is 1.91. The lowest BCUT2D eigenvalue weighted by atomic mass is 10.3. The van der Waals surface area contributed by atoms with Crippen molar-refractivity contribution >= 4 is 34.1 Å². The van der Waals surface area contributed by atoms with E-state index in [0.29, 0.717) is 0 Å². The van der Waals surface area contributed by atoms with Crippen molar-refractivity contribution in [1.82, 2.24) is 14.3 Å². The Kier molecular flexibility index (Phi) is 2.54. The van der Waals surface area contributed by atoms with E-state index < -0.39 is 0 Å². The van der Waals surface area contributed by atoms with Gasteiger partial charge in [-0.25, -0.2) is 4.98 Å². The van der Waals surface area contributed by atoms with Crippen LogP contribution in [-0.4, -0.2) is 14.3 Å². The van der Waals surface area contributed by atoms with Gasteiger partial charge in [0.05, 0.1) is 0 Å². The van der Waals surface area contributed by atoms with Gasteiger partial charge in [-0.15, -0.1) is 0 Å². The fourth-order valence-corrected chi connectivity index (χ4v) is 2.21. The number of aryl methyl sites for hydroxylation is 1. The van der Waals surface area contributed by atoms with Crippen molar-refractivity contribution in [3.8, 4) is 10.7 Å². The molecular formula is C8H6IN3S. The van der Waals surface area contributed by atoms with Crippen molar-refractivity contribution in [2.75, 3.05) is 0 Å². The van der Waals surface area contributed by atoms with Crippen LogP contribution in [0.1, 0.15) is 5.69 Å². The number of halogens is 1. The van der Waals surface area contributed by atoms with Gasteiger partial charge in [0.15, 0.2) is 5.01 Å². The number of pyridine rings is 1. The summed E-state index contributed by atoms with van der Waals surface area (Å²) in [4.78, 5) is 8.61. The van der Waals surface area contributed by atoms with Crippen LogP contribution in [0.2, 0.25) is 0 Å². The van der Waals surface area contributed by atoms with Crippen LogP contribution < -0.4 is 0 Å². The lowest BCUT2D eigenvalue weighted by molar-refractivity contribution is 1.18. The van der Waals surface area contributed by atoms with Crippen LogP contribution in [0.25, 0.3) is 10.7 Å². The first kappa shape index (κ1) is 9.01. The smallest absolute Gasteiger partial charge is 0.203 e. The highest BCUT2D eigenvalue weighted by Gasteiger charge is 2.04. The molecule has 0 radical (unpaired) electrons. The molecule has 0 amide bonds.